The Morgan fingerprint density at radius 3 is 2.79 bits per heavy atom. The minimum atomic E-state index is -0.620. The number of halogens is 1. The van der Waals surface area contributed by atoms with Crippen LogP contribution < -0.4 is 5.32 Å². The maximum atomic E-state index is 14.1. The van der Waals surface area contributed by atoms with Crippen LogP contribution in [0.4, 0.5) is 10.2 Å². The Labute approximate surface area is 197 Å². The average Bonchev–Trinajstić information content (AvgIpc) is 3.48. The van der Waals surface area contributed by atoms with Crippen molar-refractivity contribution in [1.82, 2.24) is 34.6 Å². The summed E-state index contributed by atoms with van der Waals surface area (Å²) in [5, 5.41) is 10.0. The van der Waals surface area contributed by atoms with E-state index in [2.05, 4.69) is 30.5 Å². The molecule has 3 heterocycles. The Morgan fingerprint density at radius 2 is 2.12 bits per heavy atom. The molecule has 3 aromatic heterocycles. The van der Waals surface area contributed by atoms with Crippen molar-refractivity contribution in [2.45, 2.75) is 26.3 Å². The van der Waals surface area contributed by atoms with Crippen LogP contribution in [0.5, 0.6) is 0 Å². The number of aryl methyl sites for hydroxylation is 2. The zero-order chi connectivity index (χ0) is 24.2. The van der Waals surface area contributed by atoms with Gasteiger partial charge in [0.1, 0.15) is 23.5 Å². The fourth-order valence-corrected chi connectivity index (χ4v) is 3.77. The average molecular weight is 463 g/mol. The van der Waals surface area contributed by atoms with Gasteiger partial charge in [-0.2, -0.15) is 5.10 Å². The molecule has 4 rings (SSSR count). The van der Waals surface area contributed by atoms with E-state index in [0.29, 0.717) is 29.4 Å². The molecule has 0 aliphatic rings. The predicted molar refractivity (Wildman–Crippen MR) is 126 cm³/mol. The highest BCUT2D eigenvalue weighted by molar-refractivity contribution is 5.91. The summed E-state index contributed by atoms with van der Waals surface area (Å²) in [7, 11) is 3.48. The number of amides is 1. The van der Waals surface area contributed by atoms with E-state index in [9.17, 15) is 9.18 Å². The van der Waals surface area contributed by atoms with Crippen LogP contribution >= 0.6 is 0 Å². The van der Waals surface area contributed by atoms with Crippen molar-refractivity contribution in [3.8, 4) is 0 Å². The number of carbonyl (C=O) groups is 1. The quantitative estimate of drug-likeness (QED) is 0.417. The van der Waals surface area contributed by atoms with E-state index in [0.717, 1.165) is 17.5 Å². The second-order valence-corrected chi connectivity index (χ2v) is 8.16. The molecule has 9 nitrogen and oxygen atoms in total. The van der Waals surface area contributed by atoms with Gasteiger partial charge < -0.3 is 14.8 Å². The highest BCUT2D eigenvalue weighted by Gasteiger charge is 2.30. The van der Waals surface area contributed by atoms with Gasteiger partial charge in [-0.3, -0.25) is 9.89 Å². The summed E-state index contributed by atoms with van der Waals surface area (Å²) in [6, 6.07) is 5.55. The first-order valence-electron chi connectivity index (χ1n) is 10.9. The molecule has 1 unspecified atom stereocenters. The van der Waals surface area contributed by atoms with Crippen LogP contribution in [0.25, 0.3) is 0 Å². The molecule has 10 heteroatoms. The zero-order valence-electron chi connectivity index (χ0n) is 19.6. The third-order valence-electron chi connectivity index (χ3n) is 5.82. The van der Waals surface area contributed by atoms with Gasteiger partial charge in [-0.25, -0.2) is 19.3 Å². The minimum Gasteiger partial charge on any atom is -0.369 e. The number of benzene rings is 1. The number of rotatable bonds is 8. The van der Waals surface area contributed by atoms with Gasteiger partial charge in [0.2, 0.25) is 5.82 Å². The van der Waals surface area contributed by atoms with E-state index in [1.165, 1.54) is 17.0 Å². The second kappa shape index (κ2) is 9.82. The van der Waals surface area contributed by atoms with Crippen molar-refractivity contribution in [1.29, 1.82) is 0 Å². The molecule has 0 aliphatic carbocycles. The first-order chi connectivity index (χ1) is 16.3. The van der Waals surface area contributed by atoms with E-state index in [1.54, 1.807) is 37.8 Å². The van der Waals surface area contributed by atoms with Gasteiger partial charge in [-0.05, 0) is 43.5 Å². The molecule has 0 saturated carbocycles. The Bertz CT molecular complexity index is 1280. The number of nitrogens with zero attached hydrogens (tertiary/aromatic N) is 6. The molecule has 0 spiro atoms. The number of H-pyrrole nitrogens is 1. The van der Waals surface area contributed by atoms with Crippen LogP contribution in [0.2, 0.25) is 0 Å². The van der Waals surface area contributed by atoms with Crippen molar-refractivity contribution in [2.75, 3.05) is 18.9 Å². The number of aromatic nitrogens is 6. The molecule has 0 radical (unpaired) electrons. The lowest BCUT2D eigenvalue weighted by Gasteiger charge is -2.28. The molecular formula is C24H27FN8O. The van der Waals surface area contributed by atoms with E-state index in [-0.39, 0.29) is 11.6 Å². The summed E-state index contributed by atoms with van der Waals surface area (Å²) >= 11 is 0. The maximum Gasteiger partial charge on any atom is 0.292 e. The topological polar surface area (TPSA) is 105 Å². The van der Waals surface area contributed by atoms with Gasteiger partial charge in [-0.15, -0.1) is 0 Å². The standard InChI is InChI=1S/C24H27FN8O/c1-15-16(2)30-22(31-21(15)26-9-8-17-13-28-29-14-17)24(34)33(4)20(23-27-10-11-32(23)3)18-6-5-7-19(25)12-18/h5-7,10-14,20H,8-9H2,1-4H3,(H,28,29)(H,26,30,31). The Morgan fingerprint density at radius 1 is 1.29 bits per heavy atom. The first kappa shape index (κ1) is 23.1. The highest BCUT2D eigenvalue weighted by atomic mass is 19.1. The number of hydrogen-bond acceptors (Lipinski definition) is 6. The molecule has 0 fully saturated rings. The molecule has 2 N–H and O–H groups in total. The summed E-state index contributed by atoms with van der Waals surface area (Å²) in [4.78, 5) is 28.5. The van der Waals surface area contributed by atoms with Crippen LogP contribution in [-0.2, 0) is 13.5 Å². The van der Waals surface area contributed by atoms with Crippen LogP contribution in [-0.4, -0.2) is 54.1 Å². The lowest BCUT2D eigenvalue weighted by molar-refractivity contribution is 0.0735. The number of nitrogens with one attached hydrogen (secondary N) is 2. The van der Waals surface area contributed by atoms with E-state index in [1.807, 2.05) is 31.7 Å². The smallest absolute Gasteiger partial charge is 0.292 e. The molecule has 0 aliphatic heterocycles. The van der Waals surface area contributed by atoms with E-state index < -0.39 is 11.9 Å². The molecule has 0 bridgehead atoms. The lowest BCUT2D eigenvalue weighted by atomic mass is 10.0. The molecule has 34 heavy (non-hydrogen) atoms. The van der Waals surface area contributed by atoms with Crippen LogP contribution in [0.3, 0.4) is 0 Å². The van der Waals surface area contributed by atoms with Crippen LogP contribution in [0.1, 0.15) is 44.9 Å². The Kier molecular flexibility index (Phi) is 6.67. The molecule has 0 saturated heterocycles. The third-order valence-corrected chi connectivity index (χ3v) is 5.82. The molecule has 1 atom stereocenters. The summed E-state index contributed by atoms with van der Waals surface area (Å²) in [5.41, 5.74) is 3.25. The van der Waals surface area contributed by atoms with Crippen molar-refractivity contribution in [3.63, 3.8) is 0 Å². The van der Waals surface area contributed by atoms with Gasteiger partial charge in [-0.1, -0.05) is 12.1 Å². The molecule has 4 aromatic rings. The summed E-state index contributed by atoms with van der Waals surface area (Å²) in [6.45, 7) is 4.38. The van der Waals surface area contributed by atoms with Crippen molar-refractivity contribution in [3.05, 3.63) is 88.9 Å². The van der Waals surface area contributed by atoms with Crippen molar-refractivity contribution in [2.24, 2.45) is 7.05 Å². The van der Waals surface area contributed by atoms with Gasteiger partial charge >= 0.3 is 0 Å². The predicted octanol–water partition coefficient (Wildman–Crippen LogP) is 3.21. The molecule has 1 amide bonds. The molecule has 1 aromatic carbocycles. The van der Waals surface area contributed by atoms with Gasteiger partial charge in [0, 0.05) is 50.5 Å². The number of imidazole rings is 1. The zero-order valence-corrected chi connectivity index (χ0v) is 19.6. The first-order valence-corrected chi connectivity index (χ1v) is 10.9. The summed E-state index contributed by atoms with van der Waals surface area (Å²) in [6.07, 6.45) is 7.80. The monoisotopic (exact) mass is 462 g/mol. The van der Waals surface area contributed by atoms with Crippen LogP contribution in [0.15, 0.2) is 49.1 Å². The van der Waals surface area contributed by atoms with Gasteiger partial charge in [0.25, 0.3) is 5.91 Å². The van der Waals surface area contributed by atoms with Gasteiger partial charge in [0.15, 0.2) is 0 Å². The lowest BCUT2D eigenvalue weighted by Crippen LogP contribution is -2.35. The number of aromatic amines is 1. The minimum absolute atomic E-state index is 0.0621. The number of carbonyl (C=O) groups excluding carboxylic acids is 1. The number of hydrogen-bond donors (Lipinski definition) is 2. The van der Waals surface area contributed by atoms with Crippen molar-refractivity contribution >= 4 is 11.7 Å². The maximum absolute atomic E-state index is 14.1. The normalized spacial score (nSPS) is 11.9. The molecular weight excluding hydrogens is 435 g/mol. The largest absolute Gasteiger partial charge is 0.369 e. The third kappa shape index (κ3) is 4.80. The summed E-state index contributed by atoms with van der Waals surface area (Å²) < 4.78 is 15.9. The Hall–Kier alpha value is -4.08. The summed E-state index contributed by atoms with van der Waals surface area (Å²) in [5.74, 6) is 0.491. The second-order valence-electron chi connectivity index (χ2n) is 8.16. The highest BCUT2D eigenvalue weighted by Crippen LogP contribution is 2.28. The van der Waals surface area contributed by atoms with Gasteiger partial charge in [0.05, 0.1) is 6.20 Å². The van der Waals surface area contributed by atoms with Crippen LogP contribution in [0, 0.1) is 19.7 Å². The van der Waals surface area contributed by atoms with E-state index >= 15 is 0 Å². The van der Waals surface area contributed by atoms with E-state index in [4.69, 9.17) is 0 Å². The SMILES string of the molecule is Cc1nc(C(=O)N(C)C(c2cccc(F)c2)c2nccn2C)nc(NCCc2cn[nH]c2)c1C. The number of anilines is 1. The Balaban J connectivity index is 1.63. The fraction of sp³-hybridized carbons (Fsp3) is 0.292. The fourth-order valence-electron chi connectivity index (χ4n) is 3.77. The molecule has 176 valence electrons. The van der Waals surface area contributed by atoms with Crippen molar-refractivity contribution < 1.29 is 9.18 Å².